The van der Waals surface area contributed by atoms with Gasteiger partial charge in [-0.25, -0.2) is 0 Å². The highest BCUT2D eigenvalue weighted by Crippen LogP contribution is 2.36. The molecule has 1 saturated heterocycles. The molecule has 2 heterocycles. The maximum absolute atomic E-state index is 12.8. The number of esters is 1. The molecular weight excluding hydrogens is 399 g/mol. The molecule has 0 unspecified atom stereocenters. The number of piperidine rings is 1. The minimum absolute atomic E-state index is 0.206. The van der Waals surface area contributed by atoms with Crippen molar-refractivity contribution in [3.05, 3.63) is 41.1 Å². The molecule has 0 saturated carbocycles. The molecular formula is C21H24F3N3O3. The molecule has 1 fully saturated rings. The number of aryl methyl sites for hydroxylation is 1. The molecule has 2 aromatic rings. The summed E-state index contributed by atoms with van der Waals surface area (Å²) in [7, 11) is 3.28. The number of hydrogen-bond acceptors (Lipinski definition) is 6. The van der Waals surface area contributed by atoms with Crippen molar-refractivity contribution >= 4 is 5.97 Å². The highest BCUT2D eigenvalue weighted by Gasteiger charge is 2.32. The van der Waals surface area contributed by atoms with Crippen molar-refractivity contribution in [3.8, 4) is 17.0 Å². The summed E-state index contributed by atoms with van der Waals surface area (Å²) in [5.41, 5.74) is 1.11. The lowest BCUT2D eigenvalue weighted by Crippen LogP contribution is -2.46. The summed E-state index contributed by atoms with van der Waals surface area (Å²) in [6.07, 6.45) is -2.30. The molecule has 2 atom stereocenters. The summed E-state index contributed by atoms with van der Waals surface area (Å²) in [6, 6.07) is 4.42. The van der Waals surface area contributed by atoms with Gasteiger partial charge in [0, 0.05) is 12.1 Å². The van der Waals surface area contributed by atoms with Crippen LogP contribution in [0.25, 0.3) is 11.3 Å². The number of aromatic hydroxyl groups is 1. The van der Waals surface area contributed by atoms with Gasteiger partial charge in [-0.2, -0.15) is 18.3 Å². The van der Waals surface area contributed by atoms with Gasteiger partial charge in [-0.1, -0.05) is 0 Å². The zero-order valence-electron chi connectivity index (χ0n) is 17.0. The van der Waals surface area contributed by atoms with Gasteiger partial charge in [0.1, 0.15) is 11.8 Å². The Bertz CT molecular complexity index is 933. The Morgan fingerprint density at radius 3 is 2.57 bits per heavy atom. The number of hydrogen-bond donors (Lipinski definition) is 1. The van der Waals surface area contributed by atoms with Gasteiger partial charge in [0.2, 0.25) is 0 Å². The molecule has 1 aliphatic heterocycles. The van der Waals surface area contributed by atoms with Crippen molar-refractivity contribution < 1.29 is 27.8 Å². The molecule has 0 radical (unpaired) electrons. The van der Waals surface area contributed by atoms with Crippen LogP contribution in [-0.4, -0.2) is 52.9 Å². The van der Waals surface area contributed by atoms with E-state index in [1.807, 2.05) is 18.0 Å². The van der Waals surface area contributed by atoms with E-state index >= 15 is 0 Å². The number of carbonyl (C=O) groups is 1. The molecule has 3 rings (SSSR count). The zero-order chi connectivity index (χ0) is 22.1. The van der Waals surface area contributed by atoms with Crippen molar-refractivity contribution in [1.29, 1.82) is 0 Å². The van der Waals surface area contributed by atoms with E-state index < -0.39 is 17.5 Å². The molecule has 0 amide bonds. The Morgan fingerprint density at radius 1 is 1.27 bits per heavy atom. The van der Waals surface area contributed by atoms with Crippen LogP contribution in [0.3, 0.4) is 0 Å². The summed E-state index contributed by atoms with van der Waals surface area (Å²) in [5.74, 6) is -0.417. The fourth-order valence-electron chi connectivity index (χ4n) is 3.95. The van der Waals surface area contributed by atoms with Crippen LogP contribution in [0, 0.1) is 12.8 Å². The number of methoxy groups -OCH3 is 1. The summed E-state index contributed by atoms with van der Waals surface area (Å²) >= 11 is 0. The first-order valence-corrected chi connectivity index (χ1v) is 9.62. The number of benzene rings is 1. The third kappa shape index (κ3) is 4.72. The zero-order valence-corrected chi connectivity index (χ0v) is 17.0. The number of rotatable bonds is 4. The Hall–Kier alpha value is -2.68. The molecule has 1 aliphatic rings. The van der Waals surface area contributed by atoms with Crippen LogP contribution in [0.5, 0.6) is 5.75 Å². The maximum atomic E-state index is 12.8. The van der Waals surface area contributed by atoms with Crippen molar-refractivity contribution in [2.24, 2.45) is 5.92 Å². The van der Waals surface area contributed by atoms with Crippen LogP contribution in [0.4, 0.5) is 13.2 Å². The number of phenolic OH excluding ortho intramolecular Hbond substituents is 1. The molecule has 1 aromatic carbocycles. The first-order valence-electron chi connectivity index (χ1n) is 9.62. The topological polar surface area (TPSA) is 75.5 Å². The van der Waals surface area contributed by atoms with Crippen molar-refractivity contribution in [2.45, 2.75) is 38.4 Å². The van der Waals surface area contributed by atoms with E-state index in [4.69, 9.17) is 4.74 Å². The van der Waals surface area contributed by atoms with E-state index in [9.17, 15) is 23.1 Å². The second kappa shape index (κ2) is 8.59. The van der Waals surface area contributed by atoms with Gasteiger partial charge in [0.05, 0.1) is 24.1 Å². The minimum Gasteiger partial charge on any atom is -0.507 e. The molecule has 1 N–H and O–H groups in total. The summed E-state index contributed by atoms with van der Waals surface area (Å²) in [4.78, 5) is 13.8. The van der Waals surface area contributed by atoms with Crippen molar-refractivity contribution in [2.75, 3.05) is 20.7 Å². The fraction of sp³-hybridized carbons (Fsp3) is 0.476. The van der Waals surface area contributed by atoms with Gasteiger partial charge in [0.25, 0.3) is 0 Å². The molecule has 162 valence electrons. The lowest BCUT2D eigenvalue weighted by molar-refractivity contribution is -0.148. The number of ether oxygens (including phenoxy) is 1. The van der Waals surface area contributed by atoms with Crippen LogP contribution >= 0.6 is 0 Å². The van der Waals surface area contributed by atoms with Gasteiger partial charge in [0.15, 0.2) is 0 Å². The maximum Gasteiger partial charge on any atom is 0.416 e. The predicted octanol–water partition coefficient (Wildman–Crippen LogP) is 3.60. The number of aromatic nitrogens is 2. The second-order valence-electron chi connectivity index (χ2n) is 7.72. The van der Waals surface area contributed by atoms with E-state index in [0.717, 1.165) is 24.7 Å². The van der Waals surface area contributed by atoms with Crippen molar-refractivity contribution in [1.82, 2.24) is 15.1 Å². The number of phenols is 1. The Kier molecular flexibility index (Phi) is 6.30. The lowest BCUT2D eigenvalue weighted by Gasteiger charge is -2.35. The summed E-state index contributed by atoms with van der Waals surface area (Å²) in [5, 5.41) is 18.5. The van der Waals surface area contributed by atoms with E-state index in [1.165, 1.54) is 13.2 Å². The minimum atomic E-state index is -4.53. The average Bonchev–Trinajstić information content (AvgIpc) is 2.67. The van der Waals surface area contributed by atoms with E-state index in [1.54, 1.807) is 6.92 Å². The standard InChI is InChI=1S/C21H24F3N3O3/c1-12-8-15(9-13-4-7-17(20(29)30-3)27(2)11-13)25-26-19(12)16-6-5-14(10-18(16)28)21(22,23)24/h5-6,8,10,13,17,28H,4,7,9,11H2,1-3H3/t13-,17+/m0/s1. The van der Waals surface area contributed by atoms with Gasteiger partial charge in [-0.05, 0) is 69.0 Å². The van der Waals surface area contributed by atoms with E-state index in [-0.39, 0.29) is 17.6 Å². The monoisotopic (exact) mass is 423 g/mol. The Labute approximate surface area is 172 Å². The molecule has 6 nitrogen and oxygen atoms in total. The Morgan fingerprint density at radius 2 is 2.00 bits per heavy atom. The molecule has 9 heteroatoms. The smallest absolute Gasteiger partial charge is 0.416 e. The summed E-state index contributed by atoms with van der Waals surface area (Å²) < 4.78 is 43.2. The molecule has 1 aromatic heterocycles. The van der Waals surface area contributed by atoms with Crippen LogP contribution in [0.2, 0.25) is 0 Å². The third-order valence-corrected chi connectivity index (χ3v) is 5.51. The number of likely N-dealkylation sites (N-methyl/N-ethyl adjacent to an activating group) is 1. The van der Waals surface area contributed by atoms with Crippen LogP contribution in [0.15, 0.2) is 24.3 Å². The number of carbonyl (C=O) groups excluding carboxylic acids is 1. The van der Waals surface area contributed by atoms with Gasteiger partial charge < -0.3 is 9.84 Å². The first-order chi connectivity index (χ1) is 14.1. The molecule has 0 bridgehead atoms. The Balaban J connectivity index is 1.73. The van der Waals surface area contributed by atoms with Gasteiger partial charge >= 0.3 is 12.1 Å². The van der Waals surface area contributed by atoms with Crippen LogP contribution in [0.1, 0.15) is 29.7 Å². The predicted molar refractivity (Wildman–Crippen MR) is 104 cm³/mol. The summed E-state index contributed by atoms with van der Waals surface area (Å²) in [6.45, 7) is 2.51. The fourth-order valence-corrected chi connectivity index (χ4v) is 3.95. The third-order valence-electron chi connectivity index (χ3n) is 5.51. The van der Waals surface area contributed by atoms with Gasteiger partial charge in [-0.3, -0.25) is 9.69 Å². The second-order valence-corrected chi connectivity index (χ2v) is 7.72. The lowest BCUT2D eigenvalue weighted by atomic mass is 9.89. The normalized spacial score (nSPS) is 20.2. The van der Waals surface area contributed by atoms with Crippen LogP contribution < -0.4 is 0 Å². The molecule has 0 spiro atoms. The first kappa shape index (κ1) is 22.0. The van der Waals surface area contributed by atoms with Crippen LogP contribution in [-0.2, 0) is 22.1 Å². The van der Waals surface area contributed by atoms with E-state index in [0.29, 0.717) is 36.1 Å². The number of likely N-dealkylation sites (tertiary alicyclic amines) is 1. The average molecular weight is 423 g/mol. The highest BCUT2D eigenvalue weighted by atomic mass is 19.4. The largest absolute Gasteiger partial charge is 0.507 e. The van der Waals surface area contributed by atoms with Gasteiger partial charge in [-0.15, -0.1) is 5.10 Å². The quantitative estimate of drug-likeness (QED) is 0.758. The van der Waals surface area contributed by atoms with Crippen molar-refractivity contribution in [3.63, 3.8) is 0 Å². The number of nitrogens with zero attached hydrogens (tertiary/aromatic N) is 3. The SMILES string of the molecule is COC(=O)[C@H]1CC[C@@H](Cc2cc(C)c(-c3ccc(C(F)(F)F)cc3O)nn2)CN1C. The number of halogens is 3. The molecule has 30 heavy (non-hydrogen) atoms. The highest BCUT2D eigenvalue weighted by molar-refractivity contribution is 5.75. The number of alkyl halides is 3. The molecule has 0 aliphatic carbocycles. The van der Waals surface area contributed by atoms with E-state index in [2.05, 4.69) is 10.2 Å².